The highest BCUT2D eigenvalue weighted by molar-refractivity contribution is 5.95. The van der Waals surface area contributed by atoms with Gasteiger partial charge in [0.05, 0.1) is 0 Å². The molecule has 5 heteroatoms. The van der Waals surface area contributed by atoms with E-state index in [0.29, 0.717) is 24.6 Å². The summed E-state index contributed by atoms with van der Waals surface area (Å²) in [5.41, 5.74) is -0.118. The van der Waals surface area contributed by atoms with E-state index >= 15 is 0 Å². The van der Waals surface area contributed by atoms with Gasteiger partial charge in [-0.15, -0.1) is 0 Å². The van der Waals surface area contributed by atoms with Gasteiger partial charge in [-0.2, -0.15) is 0 Å². The summed E-state index contributed by atoms with van der Waals surface area (Å²) < 4.78 is 27.8. The van der Waals surface area contributed by atoms with E-state index < -0.39 is 23.1 Å². The number of carbonyl (C=O) groups is 1. The third-order valence-electron chi connectivity index (χ3n) is 4.20. The molecule has 0 unspecified atom stereocenters. The van der Waals surface area contributed by atoms with E-state index in [1.165, 1.54) is 13.0 Å². The number of aryl methyl sites for hydroxylation is 1. The van der Waals surface area contributed by atoms with Crippen molar-refractivity contribution in [1.82, 2.24) is 10.2 Å². The lowest BCUT2D eigenvalue weighted by atomic mass is 9.93. The number of amides is 1. The van der Waals surface area contributed by atoms with Gasteiger partial charge in [0.15, 0.2) is 0 Å². The van der Waals surface area contributed by atoms with E-state index in [4.69, 9.17) is 0 Å². The summed E-state index contributed by atoms with van der Waals surface area (Å²) in [6, 6.07) is 2.51. The molecule has 0 aromatic heterocycles. The summed E-state index contributed by atoms with van der Waals surface area (Å²) in [5.74, 6) is -1.47. The van der Waals surface area contributed by atoms with Crippen LogP contribution in [0, 0.1) is 24.5 Å². The molecule has 1 aliphatic heterocycles. The fourth-order valence-electron chi connectivity index (χ4n) is 2.78. The fourth-order valence-corrected chi connectivity index (χ4v) is 2.78. The molecule has 0 radical (unpaired) electrons. The van der Waals surface area contributed by atoms with Gasteiger partial charge in [-0.1, -0.05) is 6.07 Å². The van der Waals surface area contributed by atoms with Gasteiger partial charge < -0.3 is 10.2 Å². The molecular formula is C16H22F2N2O. The van der Waals surface area contributed by atoms with Crippen molar-refractivity contribution in [1.29, 1.82) is 0 Å². The van der Waals surface area contributed by atoms with Crippen LogP contribution in [0.4, 0.5) is 8.78 Å². The van der Waals surface area contributed by atoms with E-state index in [1.807, 2.05) is 7.05 Å². The molecule has 1 amide bonds. The van der Waals surface area contributed by atoms with Crippen LogP contribution in [0.2, 0.25) is 0 Å². The second-order valence-corrected chi connectivity index (χ2v) is 5.68. The Morgan fingerprint density at radius 3 is 2.62 bits per heavy atom. The van der Waals surface area contributed by atoms with Gasteiger partial charge in [-0.3, -0.25) is 4.79 Å². The van der Waals surface area contributed by atoms with Gasteiger partial charge in [-0.05, 0) is 57.3 Å². The Bertz CT molecular complexity index is 511. The first-order valence-electron chi connectivity index (χ1n) is 7.43. The normalized spacial score (nSPS) is 16.3. The van der Waals surface area contributed by atoms with Crippen molar-refractivity contribution in [2.24, 2.45) is 5.92 Å². The zero-order valence-electron chi connectivity index (χ0n) is 12.6. The molecule has 0 bridgehead atoms. The zero-order valence-corrected chi connectivity index (χ0v) is 12.6. The van der Waals surface area contributed by atoms with Crippen molar-refractivity contribution in [2.75, 3.05) is 26.7 Å². The summed E-state index contributed by atoms with van der Waals surface area (Å²) in [5, 5.41) is 3.12. The minimum atomic E-state index is -0.777. The molecular weight excluding hydrogens is 274 g/mol. The summed E-state index contributed by atoms with van der Waals surface area (Å²) in [6.07, 6.45) is 2.86. The van der Waals surface area contributed by atoms with Crippen molar-refractivity contribution in [3.63, 3.8) is 0 Å². The van der Waals surface area contributed by atoms with Gasteiger partial charge in [-0.25, -0.2) is 8.78 Å². The van der Waals surface area contributed by atoms with Gasteiger partial charge in [0.1, 0.15) is 17.2 Å². The first-order valence-corrected chi connectivity index (χ1v) is 7.43. The van der Waals surface area contributed by atoms with Gasteiger partial charge in [0, 0.05) is 13.1 Å². The highest BCUT2D eigenvalue weighted by Gasteiger charge is 2.27. The van der Waals surface area contributed by atoms with Crippen LogP contribution in [0.5, 0.6) is 0 Å². The van der Waals surface area contributed by atoms with E-state index in [1.54, 1.807) is 4.90 Å². The average molecular weight is 296 g/mol. The Kier molecular flexibility index (Phi) is 5.28. The molecule has 1 N–H and O–H groups in total. The molecule has 116 valence electrons. The van der Waals surface area contributed by atoms with Crippen molar-refractivity contribution < 1.29 is 13.6 Å². The Hall–Kier alpha value is -1.49. The highest BCUT2D eigenvalue weighted by atomic mass is 19.1. The lowest BCUT2D eigenvalue weighted by Gasteiger charge is -2.32. The largest absolute Gasteiger partial charge is 0.338 e. The van der Waals surface area contributed by atoms with Crippen molar-refractivity contribution in [3.8, 4) is 0 Å². The number of hydrogen-bond acceptors (Lipinski definition) is 2. The molecule has 0 aliphatic carbocycles. The number of likely N-dealkylation sites (tertiary alicyclic amines) is 1. The predicted molar refractivity (Wildman–Crippen MR) is 78.3 cm³/mol. The Labute approximate surface area is 124 Å². The molecule has 0 atom stereocenters. The van der Waals surface area contributed by atoms with Crippen LogP contribution in [0.25, 0.3) is 0 Å². The van der Waals surface area contributed by atoms with Gasteiger partial charge in [0.25, 0.3) is 5.91 Å². The summed E-state index contributed by atoms with van der Waals surface area (Å²) in [7, 11) is 1.92. The summed E-state index contributed by atoms with van der Waals surface area (Å²) in [6.45, 7) is 3.63. The summed E-state index contributed by atoms with van der Waals surface area (Å²) in [4.78, 5) is 13.9. The fraction of sp³-hybridized carbons (Fsp3) is 0.562. The molecule has 1 aliphatic rings. The maximum atomic E-state index is 14.0. The molecule has 1 saturated heterocycles. The monoisotopic (exact) mass is 296 g/mol. The molecule has 0 saturated carbocycles. The molecule has 1 fully saturated rings. The van der Waals surface area contributed by atoms with Gasteiger partial charge in [0.2, 0.25) is 0 Å². The van der Waals surface area contributed by atoms with Crippen LogP contribution >= 0.6 is 0 Å². The van der Waals surface area contributed by atoms with E-state index in [0.717, 1.165) is 31.9 Å². The maximum Gasteiger partial charge on any atom is 0.259 e. The van der Waals surface area contributed by atoms with Crippen molar-refractivity contribution in [3.05, 3.63) is 34.9 Å². The molecule has 1 aromatic carbocycles. The minimum absolute atomic E-state index is 0.295. The van der Waals surface area contributed by atoms with Crippen molar-refractivity contribution in [2.45, 2.75) is 26.2 Å². The van der Waals surface area contributed by atoms with E-state index in [9.17, 15) is 13.6 Å². The number of carbonyl (C=O) groups excluding carboxylic acids is 1. The van der Waals surface area contributed by atoms with Crippen LogP contribution in [-0.4, -0.2) is 37.5 Å². The minimum Gasteiger partial charge on any atom is -0.338 e. The molecule has 0 spiro atoms. The second kappa shape index (κ2) is 6.98. The molecule has 2 rings (SSSR count). The molecule has 1 heterocycles. The Balaban J connectivity index is 2.04. The first kappa shape index (κ1) is 15.9. The average Bonchev–Trinajstić information content (AvgIpc) is 2.49. The Morgan fingerprint density at radius 2 is 2.00 bits per heavy atom. The number of benzene rings is 1. The quantitative estimate of drug-likeness (QED) is 0.926. The third-order valence-corrected chi connectivity index (χ3v) is 4.20. The van der Waals surface area contributed by atoms with Crippen molar-refractivity contribution >= 4 is 5.91 Å². The maximum absolute atomic E-state index is 14.0. The smallest absolute Gasteiger partial charge is 0.259 e. The SMILES string of the molecule is CNCCC1CCN(C(=O)c2c(F)ccc(C)c2F)CC1. The topological polar surface area (TPSA) is 32.3 Å². The molecule has 1 aromatic rings. The number of nitrogens with one attached hydrogen (secondary N) is 1. The lowest BCUT2D eigenvalue weighted by Crippen LogP contribution is -2.39. The van der Waals surface area contributed by atoms with E-state index in [-0.39, 0.29) is 0 Å². The highest BCUT2D eigenvalue weighted by Crippen LogP contribution is 2.24. The first-order chi connectivity index (χ1) is 10.0. The molecule has 21 heavy (non-hydrogen) atoms. The van der Waals surface area contributed by atoms with Crippen LogP contribution in [0.1, 0.15) is 35.2 Å². The van der Waals surface area contributed by atoms with Crippen LogP contribution in [-0.2, 0) is 0 Å². The number of piperidine rings is 1. The van der Waals surface area contributed by atoms with Crippen LogP contribution in [0.3, 0.4) is 0 Å². The zero-order chi connectivity index (χ0) is 15.4. The Morgan fingerprint density at radius 1 is 1.33 bits per heavy atom. The lowest BCUT2D eigenvalue weighted by molar-refractivity contribution is 0.0677. The predicted octanol–water partition coefficient (Wildman–Crippen LogP) is 2.73. The van der Waals surface area contributed by atoms with E-state index in [2.05, 4.69) is 5.32 Å². The van der Waals surface area contributed by atoms with Crippen LogP contribution in [0.15, 0.2) is 12.1 Å². The summed E-state index contributed by atoms with van der Waals surface area (Å²) >= 11 is 0. The number of hydrogen-bond donors (Lipinski definition) is 1. The van der Waals surface area contributed by atoms with Gasteiger partial charge >= 0.3 is 0 Å². The standard InChI is InChI=1S/C16H22F2N2O/c1-11-3-4-13(17)14(15(11)18)16(21)20-9-6-12(7-10-20)5-8-19-2/h3-4,12,19H,5-10H2,1-2H3. The number of nitrogens with zero attached hydrogens (tertiary/aromatic N) is 1. The third kappa shape index (κ3) is 3.59. The number of halogens is 2. The van der Waals surface area contributed by atoms with Crippen LogP contribution < -0.4 is 5.32 Å². The molecule has 3 nitrogen and oxygen atoms in total. The second-order valence-electron chi connectivity index (χ2n) is 5.68. The number of rotatable bonds is 4.